The summed E-state index contributed by atoms with van der Waals surface area (Å²) in [6.45, 7) is 0. The van der Waals surface area contributed by atoms with Gasteiger partial charge in [-0.1, -0.05) is 37.8 Å². The fourth-order valence-corrected chi connectivity index (χ4v) is 2.72. The Hall–Kier alpha value is -3.02. The van der Waals surface area contributed by atoms with E-state index >= 15 is 0 Å². The van der Waals surface area contributed by atoms with Crippen molar-refractivity contribution in [2.45, 2.75) is 51.4 Å². The number of aromatic hydroxyl groups is 1. The van der Waals surface area contributed by atoms with Crippen molar-refractivity contribution >= 4 is 11.9 Å². The molecule has 28 heavy (non-hydrogen) atoms. The average Bonchev–Trinajstić information content (AvgIpc) is 2.64. The lowest BCUT2D eigenvalue weighted by atomic mass is 10.1. The largest absolute Gasteiger partial charge is 0.508 e. The molecule has 0 bridgehead atoms. The van der Waals surface area contributed by atoms with Crippen LogP contribution in [-0.4, -0.2) is 22.2 Å². The molecule has 0 aliphatic heterocycles. The van der Waals surface area contributed by atoms with Crippen LogP contribution in [0.15, 0.2) is 48.5 Å². The lowest BCUT2D eigenvalue weighted by Gasteiger charge is -2.08. The molecule has 0 aliphatic rings. The number of hydrogen-bond acceptors (Lipinski definition) is 5. The molecular formula is C22H26O6. The van der Waals surface area contributed by atoms with Gasteiger partial charge in [0.2, 0.25) is 0 Å². The molecule has 0 saturated carbocycles. The van der Waals surface area contributed by atoms with Crippen LogP contribution < -0.4 is 9.47 Å². The molecule has 2 N–H and O–H groups in total. The molecule has 2 aromatic rings. The molecule has 0 aliphatic carbocycles. The Morgan fingerprint density at radius 3 is 2.00 bits per heavy atom. The maximum absolute atomic E-state index is 12.0. The van der Waals surface area contributed by atoms with Gasteiger partial charge in [-0.25, -0.2) is 0 Å². The summed E-state index contributed by atoms with van der Waals surface area (Å²) in [6, 6.07) is 13.3. The molecule has 0 amide bonds. The molecule has 0 fully saturated rings. The molecule has 0 spiro atoms. The molecule has 0 saturated heterocycles. The molecular weight excluding hydrogens is 360 g/mol. The number of aliphatic carboxylic acids is 1. The van der Waals surface area contributed by atoms with E-state index in [1.165, 1.54) is 6.07 Å². The maximum atomic E-state index is 12.0. The first-order valence-electron chi connectivity index (χ1n) is 9.52. The highest BCUT2D eigenvalue weighted by atomic mass is 16.5. The maximum Gasteiger partial charge on any atom is 0.311 e. The van der Waals surface area contributed by atoms with E-state index in [0.717, 1.165) is 32.1 Å². The third-order valence-corrected chi connectivity index (χ3v) is 4.11. The van der Waals surface area contributed by atoms with Crippen molar-refractivity contribution in [1.82, 2.24) is 0 Å². The number of ether oxygens (including phenoxy) is 2. The number of esters is 1. The van der Waals surface area contributed by atoms with E-state index in [9.17, 15) is 14.7 Å². The summed E-state index contributed by atoms with van der Waals surface area (Å²) >= 11 is 0. The van der Waals surface area contributed by atoms with Crippen molar-refractivity contribution < 1.29 is 29.3 Å². The highest BCUT2D eigenvalue weighted by Crippen LogP contribution is 2.27. The quantitative estimate of drug-likeness (QED) is 0.292. The topological polar surface area (TPSA) is 93.1 Å². The van der Waals surface area contributed by atoms with Crippen LogP contribution in [0, 0.1) is 0 Å². The number of carboxylic acids is 1. The third kappa shape index (κ3) is 8.58. The summed E-state index contributed by atoms with van der Waals surface area (Å²) in [6.07, 6.45) is 5.81. The Morgan fingerprint density at radius 2 is 1.32 bits per heavy atom. The lowest BCUT2D eigenvalue weighted by Crippen LogP contribution is -2.07. The van der Waals surface area contributed by atoms with Crippen LogP contribution in [0.2, 0.25) is 0 Å². The second kappa shape index (κ2) is 11.6. The number of rotatable bonds is 12. The summed E-state index contributed by atoms with van der Waals surface area (Å²) in [7, 11) is 0. The van der Waals surface area contributed by atoms with Crippen LogP contribution >= 0.6 is 0 Å². The SMILES string of the molecule is O=C(O)CCCCCCCCC(=O)Oc1cccc(Oc2cccc(O)c2)c1. The molecule has 6 nitrogen and oxygen atoms in total. The first kappa shape index (κ1) is 21.3. The minimum absolute atomic E-state index is 0.113. The van der Waals surface area contributed by atoms with Crippen molar-refractivity contribution in [3.8, 4) is 23.0 Å². The number of phenolic OH excluding ortho intramolecular Hbond substituents is 1. The number of benzene rings is 2. The summed E-state index contributed by atoms with van der Waals surface area (Å²) in [5, 5.41) is 18.0. The minimum atomic E-state index is -0.751. The lowest BCUT2D eigenvalue weighted by molar-refractivity contribution is -0.137. The second-order valence-electron chi connectivity index (χ2n) is 6.56. The van der Waals surface area contributed by atoms with Gasteiger partial charge in [0.05, 0.1) is 0 Å². The van der Waals surface area contributed by atoms with Gasteiger partial charge >= 0.3 is 11.9 Å². The summed E-state index contributed by atoms with van der Waals surface area (Å²) in [5.41, 5.74) is 0. The van der Waals surface area contributed by atoms with E-state index < -0.39 is 5.97 Å². The number of carboxylic acid groups (broad SMARTS) is 1. The Bertz CT molecular complexity index is 771. The zero-order valence-corrected chi connectivity index (χ0v) is 15.8. The van der Waals surface area contributed by atoms with Gasteiger partial charge in [-0.15, -0.1) is 0 Å². The standard InChI is InChI=1S/C22H26O6/c23-17-9-7-10-18(15-17)27-19-11-8-12-20(16-19)28-22(26)14-6-4-2-1-3-5-13-21(24)25/h7-12,15-16,23H,1-6,13-14H2,(H,24,25). The molecule has 2 rings (SSSR count). The molecule has 0 unspecified atom stereocenters. The van der Waals surface area contributed by atoms with Crippen LogP contribution in [0.5, 0.6) is 23.0 Å². The van der Waals surface area contributed by atoms with Gasteiger partial charge in [0.15, 0.2) is 0 Å². The third-order valence-electron chi connectivity index (χ3n) is 4.11. The van der Waals surface area contributed by atoms with Crippen molar-refractivity contribution in [3.05, 3.63) is 48.5 Å². The van der Waals surface area contributed by atoms with Gasteiger partial charge in [-0.3, -0.25) is 9.59 Å². The van der Waals surface area contributed by atoms with Gasteiger partial charge in [-0.2, -0.15) is 0 Å². The Kier molecular flexibility index (Phi) is 8.85. The molecule has 0 aromatic heterocycles. The van der Waals surface area contributed by atoms with Crippen LogP contribution in [-0.2, 0) is 9.59 Å². The fourth-order valence-electron chi connectivity index (χ4n) is 2.72. The summed E-state index contributed by atoms with van der Waals surface area (Å²) < 4.78 is 11.0. The van der Waals surface area contributed by atoms with Gasteiger partial charge < -0.3 is 19.7 Å². The molecule has 0 atom stereocenters. The summed E-state index contributed by atoms with van der Waals surface area (Å²) in [5.74, 6) is 0.488. The van der Waals surface area contributed by atoms with E-state index in [0.29, 0.717) is 30.1 Å². The monoisotopic (exact) mass is 386 g/mol. The van der Waals surface area contributed by atoms with Gasteiger partial charge in [0.25, 0.3) is 0 Å². The highest BCUT2D eigenvalue weighted by molar-refractivity contribution is 5.72. The molecule has 0 radical (unpaired) electrons. The van der Waals surface area contributed by atoms with Crippen molar-refractivity contribution in [2.75, 3.05) is 0 Å². The first-order valence-corrected chi connectivity index (χ1v) is 9.52. The van der Waals surface area contributed by atoms with Gasteiger partial charge in [0.1, 0.15) is 23.0 Å². The van der Waals surface area contributed by atoms with E-state index in [4.69, 9.17) is 14.6 Å². The van der Waals surface area contributed by atoms with Crippen LogP contribution in [0.25, 0.3) is 0 Å². The highest BCUT2D eigenvalue weighted by Gasteiger charge is 2.07. The van der Waals surface area contributed by atoms with E-state index in [2.05, 4.69) is 0 Å². The van der Waals surface area contributed by atoms with E-state index in [1.54, 1.807) is 42.5 Å². The van der Waals surface area contributed by atoms with E-state index in [-0.39, 0.29) is 18.1 Å². The van der Waals surface area contributed by atoms with Crippen LogP contribution in [0.4, 0.5) is 0 Å². The molecule has 6 heteroatoms. The zero-order chi connectivity index (χ0) is 20.2. The smallest absolute Gasteiger partial charge is 0.311 e. The number of phenols is 1. The van der Waals surface area contributed by atoms with E-state index in [1.807, 2.05) is 0 Å². The minimum Gasteiger partial charge on any atom is -0.508 e. The predicted molar refractivity (Wildman–Crippen MR) is 105 cm³/mol. The molecule has 0 heterocycles. The van der Waals surface area contributed by atoms with Crippen molar-refractivity contribution in [2.24, 2.45) is 0 Å². The fraction of sp³-hybridized carbons (Fsp3) is 0.364. The average molecular weight is 386 g/mol. The van der Waals surface area contributed by atoms with Crippen LogP contribution in [0.1, 0.15) is 51.4 Å². The normalized spacial score (nSPS) is 10.4. The molecule has 2 aromatic carbocycles. The van der Waals surface area contributed by atoms with Crippen molar-refractivity contribution in [3.63, 3.8) is 0 Å². The first-order chi connectivity index (χ1) is 13.5. The Balaban J connectivity index is 1.67. The number of carbonyl (C=O) groups is 2. The zero-order valence-electron chi connectivity index (χ0n) is 15.8. The Labute approximate surface area is 164 Å². The number of unbranched alkanes of at least 4 members (excludes halogenated alkanes) is 5. The summed E-state index contributed by atoms with van der Waals surface area (Å²) in [4.78, 5) is 22.4. The number of hydrogen-bond donors (Lipinski definition) is 2. The van der Waals surface area contributed by atoms with Crippen molar-refractivity contribution in [1.29, 1.82) is 0 Å². The van der Waals surface area contributed by atoms with Gasteiger partial charge in [0, 0.05) is 25.0 Å². The Morgan fingerprint density at radius 1 is 0.750 bits per heavy atom. The molecule has 150 valence electrons. The second-order valence-corrected chi connectivity index (χ2v) is 6.56. The number of carbonyl (C=O) groups excluding carboxylic acids is 1. The predicted octanol–water partition coefficient (Wildman–Crippen LogP) is 5.30. The van der Waals surface area contributed by atoms with Crippen LogP contribution in [0.3, 0.4) is 0 Å². The van der Waals surface area contributed by atoms with Gasteiger partial charge in [-0.05, 0) is 37.1 Å².